The molecule has 3 nitrogen and oxygen atoms in total. The Morgan fingerprint density at radius 3 is 2.38 bits per heavy atom. The first kappa shape index (κ1) is 11.8. The molecule has 0 spiro atoms. The highest BCUT2D eigenvalue weighted by Crippen LogP contribution is 2.22. The minimum atomic E-state index is 0.0103. The van der Waals surface area contributed by atoms with Crippen LogP contribution in [0.25, 0.3) is 5.76 Å². The summed E-state index contributed by atoms with van der Waals surface area (Å²) >= 11 is 0. The lowest BCUT2D eigenvalue weighted by Gasteiger charge is -2.10. The van der Waals surface area contributed by atoms with E-state index in [-0.39, 0.29) is 5.57 Å². The Bertz CT molecular complexity index is 473. The van der Waals surface area contributed by atoms with Crippen molar-refractivity contribution < 1.29 is 4.74 Å². The van der Waals surface area contributed by atoms with E-state index in [2.05, 4.69) is 0 Å². The van der Waals surface area contributed by atoms with E-state index in [1.165, 1.54) is 0 Å². The van der Waals surface area contributed by atoms with Crippen LogP contribution in [0.5, 0.6) is 0 Å². The largest absolute Gasteiger partial charge is 0.491 e. The molecule has 80 valence electrons. The molecule has 1 aromatic carbocycles. The van der Waals surface area contributed by atoms with E-state index in [9.17, 15) is 0 Å². The number of aryl methyl sites for hydroxylation is 1. The van der Waals surface area contributed by atoms with Crippen molar-refractivity contribution in [2.24, 2.45) is 0 Å². The maximum absolute atomic E-state index is 8.86. The molecule has 0 amide bonds. The van der Waals surface area contributed by atoms with E-state index in [1.807, 2.05) is 50.3 Å². The molecule has 0 aliphatic rings. The summed E-state index contributed by atoms with van der Waals surface area (Å²) in [7, 11) is 0. The molecule has 0 unspecified atom stereocenters. The average Bonchev–Trinajstić information content (AvgIpc) is 2.30. The van der Waals surface area contributed by atoms with Gasteiger partial charge in [0.25, 0.3) is 0 Å². The summed E-state index contributed by atoms with van der Waals surface area (Å²) in [5, 5.41) is 17.7. The van der Waals surface area contributed by atoms with Crippen LogP contribution >= 0.6 is 0 Å². The van der Waals surface area contributed by atoms with Crippen molar-refractivity contribution in [3.63, 3.8) is 0 Å². The topological polar surface area (TPSA) is 56.8 Å². The van der Waals surface area contributed by atoms with Gasteiger partial charge in [0.05, 0.1) is 6.61 Å². The Morgan fingerprint density at radius 2 is 1.88 bits per heavy atom. The Hall–Kier alpha value is -2.26. The van der Waals surface area contributed by atoms with Gasteiger partial charge in [-0.05, 0) is 19.4 Å². The van der Waals surface area contributed by atoms with Gasteiger partial charge in [-0.1, -0.05) is 24.3 Å². The molecule has 0 N–H and O–H groups in total. The number of rotatable bonds is 3. The van der Waals surface area contributed by atoms with Crippen molar-refractivity contribution in [3.8, 4) is 12.1 Å². The molecule has 1 aromatic rings. The third kappa shape index (κ3) is 2.40. The van der Waals surface area contributed by atoms with Crippen molar-refractivity contribution in [2.45, 2.75) is 13.8 Å². The molecule has 0 aliphatic heterocycles. The van der Waals surface area contributed by atoms with Crippen molar-refractivity contribution in [1.82, 2.24) is 0 Å². The first-order valence-electron chi connectivity index (χ1n) is 4.97. The zero-order chi connectivity index (χ0) is 12.0. The fourth-order valence-electron chi connectivity index (χ4n) is 1.38. The van der Waals surface area contributed by atoms with Gasteiger partial charge < -0.3 is 4.74 Å². The second kappa shape index (κ2) is 5.58. The number of hydrogen-bond acceptors (Lipinski definition) is 3. The number of nitriles is 2. The summed E-state index contributed by atoms with van der Waals surface area (Å²) in [6.45, 7) is 4.17. The van der Waals surface area contributed by atoms with E-state index < -0.39 is 0 Å². The van der Waals surface area contributed by atoms with Gasteiger partial charge >= 0.3 is 0 Å². The van der Waals surface area contributed by atoms with Gasteiger partial charge in [-0.3, -0.25) is 0 Å². The van der Waals surface area contributed by atoms with E-state index in [0.29, 0.717) is 12.4 Å². The number of nitrogens with zero attached hydrogens (tertiary/aromatic N) is 2. The van der Waals surface area contributed by atoms with Crippen LogP contribution in [0, 0.1) is 29.6 Å². The molecule has 0 aliphatic carbocycles. The molecule has 0 radical (unpaired) electrons. The van der Waals surface area contributed by atoms with E-state index >= 15 is 0 Å². The smallest absolute Gasteiger partial charge is 0.172 e. The van der Waals surface area contributed by atoms with Gasteiger partial charge in [-0.25, -0.2) is 0 Å². The molecule has 0 fully saturated rings. The normalized spacial score (nSPS) is 8.75. The fourth-order valence-corrected chi connectivity index (χ4v) is 1.38. The maximum Gasteiger partial charge on any atom is 0.172 e. The van der Waals surface area contributed by atoms with Gasteiger partial charge in [-0.2, -0.15) is 10.5 Å². The first-order chi connectivity index (χ1) is 7.74. The van der Waals surface area contributed by atoms with E-state index in [4.69, 9.17) is 15.3 Å². The summed E-state index contributed by atoms with van der Waals surface area (Å²) in [6, 6.07) is 11.2. The van der Waals surface area contributed by atoms with E-state index in [1.54, 1.807) is 0 Å². The summed E-state index contributed by atoms with van der Waals surface area (Å²) in [5.74, 6) is 0.366. The standard InChI is InChI=1S/C13H12N2O/c1-3-16-13(11(8-14)9-15)12-7-5-4-6-10(12)2/h4-7H,3H2,1-2H3. The van der Waals surface area contributed by atoms with Crippen LogP contribution in [0.1, 0.15) is 18.1 Å². The van der Waals surface area contributed by atoms with Crippen molar-refractivity contribution >= 4 is 5.76 Å². The van der Waals surface area contributed by atoms with Crippen LogP contribution in [0.2, 0.25) is 0 Å². The van der Waals surface area contributed by atoms with Crippen LogP contribution < -0.4 is 0 Å². The summed E-state index contributed by atoms with van der Waals surface area (Å²) < 4.78 is 5.39. The Balaban J connectivity index is 3.36. The lowest BCUT2D eigenvalue weighted by atomic mass is 10.0. The van der Waals surface area contributed by atoms with Crippen LogP contribution in [-0.4, -0.2) is 6.61 Å². The zero-order valence-corrected chi connectivity index (χ0v) is 9.32. The molecular weight excluding hydrogens is 200 g/mol. The highest BCUT2D eigenvalue weighted by Gasteiger charge is 2.12. The Labute approximate surface area is 95.2 Å². The molecular formula is C13H12N2O. The van der Waals surface area contributed by atoms with Crippen molar-refractivity contribution in [3.05, 3.63) is 41.0 Å². The molecule has 0 bridgehead atoms. The predicted octanol–water partition coefficient (Wildman–Crippen LogP) is 2.79. The SMILES string of the molecule is CCOC(=C(C#N)C#N)c1ccccc1C. The summed E-state index contributed by atoms with van der Waals surface area (Å²) in [4.78, 5) is 0. The molecule has 3 heteroatoms. The van der Waals surface area contributed by atoms with Crippen LogP contribution in [0.15, 0.2) is 29.8 Å². The monoisotopic (exact) mass is 212 g/mol. The van der Waals surface area contributed by atoms with Gasteiger partial charge in [0, 0.05) is 5.56 Å². The molecule has 0 aromatic heterocycles. The van der Waals surface area contributed by atoms with Crippen molar-refractivity contribution in [1.29, 1.82) is 10.5 Å². The third-order valence-electron chi connectivity index (χ3n) is 2.13. The van der Waals surface area contributed by atoms with E-state index in [0.717, 1.165) is 11.1 Å². The van der Waals surface area contributed by atoms with Gasteiger partial charge in [0.2, 0.25) is 0 Å². The lowest BCUT2D eigenvalue weighted by molar-refractivity contribution is 0.297. The highest BCUT2D eigenvalue weighted by atomic mass is 16.5. The number of hydrogen-bond donors (Lipinski definition) is 0. The molecule has 16 heavy (non-hydrogen) atoms. The predicted molar refractivity (Wildman–Crippen MR) is 61.0 cm³/mol. The minimum Gasteiger partial charge on any atom is -0.491 e. The Morgan fingerprint density at radius 1 is 1.25 bits per heavy atom. The second-order valence-electron chi connectivity index (χ2n) is 3.18. The van der Waals surface area contributed by atoms with Crippen LogP contribution in [0.4, 0.5) is 0 Å². The number of benzene rings is 1. The fraction of sp³-hybridized carbons (Fsp3) is 0.231. The minimum absolute atomic E-state index is 0.0103. The second-order valence-corrected chi connectivity index (χ2v) is 3.18. The van der Waals surface area contributed by atoms with Gasteiger partial charge in [0.1, 0.15) is 12.1 Å². The van der Waals surface area contributed by atoms with Gasteiger partial charge in [0.15, 0.2) is 11.3 Å². The summed E-state index contributed by atoms with van der Waals surface area (Å²) in [6.07, 6.45) is 0. The molecule has 0 atom stereocenters. The maximum atomic E-state index is 8.86. The lowest BCUT2D eigenvalue weighted by Crippen LogP contribution is -1.97. The van der Waals surface area contributed by atoms with Crippen LogP contribution in [-0.2, 0) is 4.74 Å². The molecule has 0 saturated heterocycles. The highest BCUT2D eigenvalue weighted by molar-refractivity contribution is 5.72. The number of ether oxygens (including phenoxy) is 1. The van der Waals surface area contributed by atoms with Crippen molar-refractivity contribution in [2.75, 3.05) is 6.61 Å². The molecule has 0 saturated carbocycles. The first-order valence-corrected chi connectivity index (χ1v) is 4.97. The number of allylic oxidation sites excluding steroid dienone is 1. The zero-order valence-electron chi connectivity index (χ0n) is 9.32. The average molecular weight is 212 g/mol. The molecule has 0 heterocycles. The van der Waals surface area contributed by atoms with Crippen LogP contribution in [0.3, 0.4) is 0 Å². The third-order valence-corrected chi connectivity index (χ3v) is 2.13. The molecule has 1 rings (SSSR count). The summed E-state index contributed by atoms with van der Waals surface area (Å²) in [5.41, 5.74) is 1.78. The Kier molecular flexibility index (Phi) is 4.12. The quantitative estimate of drug-likeness (QED) is 0.571. The van der Waals surface area contributed by atoms with Gasteiger partial charge in [-0.15, -0.1) is 0 Å².